The third-order valence-electron chi connectivity index (χ3n) is 3.13. The molecule has 0 amide bonds. The van der Waals surface area contributed by atoms with Crippen LogP contribution < -0.4 is 0 Å². The molecule has 0 aromatic heterocycles. The monoisotopic (exact) mass is 248 g/mol. The number of ether oxygens (including phenoxy) is 1. The van der Waals surface area contributed by atoms with E-state index in [4.69, 9.17) is 4.74 Å². The van der Waals surface area contributed by atoms with E-state index in [2.05, 4.69) is 22.9 Å². The van der Waals surface area contributed by atoms with Gasteiger partial charge in [-0.3, -0.25) is 0 Å². The Hall–Kier alpha value is 0.440. The fourth-order valence-electron chi connectivity index (χ4n) is 2.20. The van der Waals surface area contributed by atoms with Gasteiger partial charge in [0.25, 0.3) is 0 Å². The van der Waals surface area contributed by atoms with Crippen LogP contribution in [-0.4, -0.2) is 18.0 Å². The minimum atomic E-state index is 0.539. The van der Waals surface area contributed by atoms with E-state index in [1.807, 2.05) is 7.11 Å². The normalized spacial score (nSPS) is 31.6. The molecular weight excluding hydrogens is 228 g/mol. The van der Waals surface area contributed by atoms with Crippen LogP contribution in [0.1, 0.15) is 45.4 Å². The van der Waals surface area contributed by atoms with Gasteiger partial charge in [0.05, 0.1) is 6.10 Å². The zero-order valence-corrected chi connectivity index (χ0v) is 10.3. The van der Waals surface area contributed by atoms with Gasteiger partial charge in [-0.25, -0.2) is 0 Å². The van der Waals surface area contributed by atoms with Crippen LogP contribution in [0.2, 0.25) is 0 Å². The third kappa shape index (κ3) is 3.59. The van der Waals surface area contributed by atoms with Gasteiger partial charge >= 0.3 is 0 Å². The summed E-state index contributed by atoms with van der Waals surface area (Å²) in [4.78, 5) is 0.746. The minimum absolute atomic E-state index is 0.539. The number of rotatable bonds is 4. The molecule has 1 fully saturated rings. The molecule has 1 saturated carbocycles. The zero-order chi connectivity index (χ0) is 9.68. The molecule has 0 radical (unpaired) electrons. The van der Waals surface area contributed by atoms with Crippen LogP contribution in [-0.2, 0) is 4.74 Å². The average molecular weight is 249 g/mol. The lowest BCUT2D eigenvalue weighted by Gasteiger charge is -2.30. The van der Waals surface area contributed by atoms with E-state index >= 15 is 0 Å². The van der Waals surface area contributed by atoms with Crippen molar-refractivity contribution in [2.24, 2.45) is 5.92 Å². The third-order valence-corrected chi connectivity index (χ3v) is 4.33. The maximum absolute atomic E-state index is 5.36. The predicted octanol–water partition coefficient (Wildman–Crippen LogP) is 3.76. The van der Waals surface area contributed by atoms with Gasteiger partial charge in [0.15, 0.2) is 0 Å². The highest BCUT2D eigenvalue weighted by atomic mass is 79.9. The first-order valence-corrected chi connectivity index (χ1v) is 6.36. The lowest BCUT2D eigenvalue weighted by Crippen LogP contribution is -2.25. The second-order valence-corrected chi connectivity index (χ2v) is 5.25. The smallest absolute Gasteiger partial charge is 0.0571 e. The second kappa shape index (κ2) is 6.02. The Morgan fingerprint density at radius 3 is 2.38 bits per heavy atom. The largest absolute Gasteiger partial charge is 0.381 e. The van der Waals surface area contributed by atoms with Crippen molar-refractivity contribution in [3.63, 3.8) is 0 Å². The first-order chi connectivity index (χ1) is 6.27. The molecule has 1 nitrogen and oxygen atoms in total. The van der Waals surface area contributed by atoms with Gasteiger partial charge in [0, 0.05) is 11.9 Å². The molecule has 0 spiro atoms. The van der Waals surface area contributed by atoms with E-state index in [1.165, 1.54) is 38.5 Å². The van der Waals surface area contributed by atoms with Gasteiger partial charge in [0.2, 0.25) is 0 Å². The molecule has 78 valence electrons. The van der Waals surface area contributed by atoms with Crippen molar-refractivity contribution in [1.82, 2.24) is 0 Å². The van der Waals surface area contributed by atoms with Gasteiger partial charge < -0.3 is 4.74 Å². The van der Waals surface area contributed by atoms with Crippen molar-refractivity contribution < 1.29 is 4.74 Å². The van der Waals surface area contributed by atoms with Crippen molar-refractivity contribution in [2.45, 2.75) is 56.4 Å². The van der Waals surface area contributed by atoms with Crippen molar-refractivity contribution in [2.75, 3.05) is 7.11 Å². The summed E-state index contributed by atoms with van der Waals surface area (Å²) in [6.45, 7) is 2.26. The van der Waals surface area contributed by atoms with E-state index in [0.717, 1.165) is 10.7 Å². The quantitative estimate of drug-likeness (QED) is 0.689. The van der Waals surface area contributed by atoms with Crippen molar-refractivity contribution in [1.29, 1.82) is 0 Å². The molecule has 0 aliphatic heterocycles. The van der Waals surface area contributed by atoms with E-state index in [9.17, 15) is 0 Å². The van der Waals surface area contributed by atoms with Crippen LogP contribution in [0.3, 0.4) is 0 Å². The molecule has 1 aliphatic carbocycles. The number of halogens is 1. The van der Waals surface area contributed by atoms with Gasteiger partial charge in [-0.1, -0.05) is 29.3 Å². The van der Waals surface area contributed by atoms with Crippen LogP contribution in [0, 0.1) is 5.92 Å². The number of hydrogen-bond acceptors (Lipinski definition) is 1. The summed E-state index contributed by atoms with van der Waals surface area (Å²) in [5.41, 5.74) is 0. The van der Waals surface area contributed by atoms with Crippen molar-refractivity contribution in [3.8, 4) is 0 Å². The molecule has 1 aliphatic rings. The summed E-state index contributed by atoms with van der Waals surface area (Å²) in [5, 5.41) is 0. The summed E-state index contributed by atoms with van der Waals surface area (Å²) in [7, 11) is 1.84. The van der Waals surface area contributed by atoms with Gasteiger partial charge in [0.1, 0.15) is 0 Å². The highest BCUT2D eigenvalue weighted by Gasteiger charge is 2.25. The van der Waals surface area contributed by atoms with Gasteiger partial charge in [-0.15, -0.1) is 0 Å². The molecule has 0 saturated heterocycles. The molecule has 0 N–H and O–H groups in total. The first kappa shape index (κ1) is 11.5. The van der Waals surface area contributed by atoms with Gasteiger partial charge in [-0.2, -0.15) is 0 Å². The molecule has 1 rings (SSSR count). The van der Waals surface area contributed by atoms with Crippen LogP contribution in [0.25, 0.3) is 0 Å². The Bertz CT molecular complexity index is 130. The van der Waals surface area contributed by atoms with Crippen LogP contribution >= 0.6 is 15.9 Å². The Morgan fingerprint density at radius 1 is 1.31 bits per heavy atom. The van der Waals surface area contributed by atoms with E-state index in [1.54, 1.807) is 0 Å². The SMILES string of the molecule is CCCC(Br)C1CCC(OC)CC1. The Balaban J connectivity index is 2.23. The van der Waals surface area contributed by atoms with E-state index in [0.29, 0.717) is 6.10 Å². The van der Waals surface area contributed by atoms with E-state index in [-0.39, 0.29) is 0 Å². The van der Waals surface area contributed by atoms with E-state index < -0.39 is 0 Å². The average Bonchev–Trinajstić information content (AvgIpc) is 2.18. The number of methoxy groups -OCH3 is 1. The standard InChI is InChI=1S/C11H21BrO/c1-3-4-11(12)9-5-7-10(13-2)8-6-9/h9-11H,3-8H2,1-2H3. The molecule has 0 aromatic rings. The molecular formula is C11H21BrO. The van der Waals surface area contributed by atoms with Crippen LogP contribution in [0.5, 0.6) is 0 Å². The van der Waals surface area contributed by atoms with Crippen molar-refractivity contribution >= 4 is 15.9 Å². The van der Waals surface area contributed by atoms with Crippen LogP contribution in [0.4, 0.5) is 0 Å². The molecule has 13 heavy (non-hydrogen) atoms. The molecule has 0 aromatic carbocycles. The maximum atomic E-state index is 5.36. The summed E-state index contributed by atoms with van der Waals surface area (Å²) in [6.07, 6.45) is 8.35. The molecule has 2 heteroatoms. The second-order valence-electron chi connectivity index (χ2n) is 4.08. The fraction of sp³-hybridized carbons (Fsp3) is 1.00. The Morgan fingerprint density at radius 2 is 1.92 bits per heavy atom. The topological polar surface area (TPSA) is 9.23 Å². The van der Waals surface area contributed by atoms with Crippen LogP contribution in [0.15, 0.2) is 0 Å². The first-order valence-electron chi connectivity index (χ1n) is 5.44. The molecule has 0 heterocycles. The Labute approximate surface area is 90.4 Å². The Kier molecular flexibility index (Phi) is 5.34. The lowest BCUT2D eigenvalue weighted by atomic mass is 9.84. The number of alkyl halides is 1. The van der Waals surface area contributed by atoms with Crippen molar-refractivity contribution in [3.05, 3.63) is 0 Å². The fourth-order valence-corrected chi connectivity index (χ4v) is 3.18. The lowest BCUT2D eigenvalue weighted by molar-refractivity contribution is 0.0564. The maximum Gasteiger partial charge on any atom is 0.0571 e. The molecule has 0 bridgehead atoms. The zero-order valence-electron chi connectivity index (χ0n) is 8.76. The summed E-state index contributed by atoms with van der Waals surface area (Å²) >= 11 is 3.80. The number of hydrogen-bond donors (Lipinski definition) is 0. The predicted molar refractivity (Wildman–Crippen MR) is 60.4 cm³/mol. The summed E-state index contributed by atoms with van der Waals surface area (Å²) in [6, 6.07) is 0. The van der Waals surface area contributed by atoms with Gasteiger partial charge in [-0.05, 0) is 38.0 Å². The molecule has 1 unspecified atom stereocenters. The highest BCUT2D eigenvalue weighted by Crippen LogP contribution is 2.33. The highest BCUT2D eigenvalue weighted by molar-refractivity contribution is 9.09. The summed E-state index contributed by atoms with van der Waals surface area (Å²) < 4.78 is 5.36. The molecule has 1 atom stereocenters. The minimum Gasteiger partial charge on any atom is -0.381 e. The summed E-state index contributed by atoms with van der Waals surface area (Å²) in [5.74, 6) is 0.895.